The maximum atomic E-state index is 13.3. The minimum atomic E-state index is -1.61. The molecule has 4 aliphatic rings. The van der Waals surface area contributed by atoms with Gasteiger partial charge in [-0.2, -0.15) is 0 Å². The van der Waals surface area contributed by atoms with E-state index in [-0.39, 0.29) is 47.1 Å². The highest BCUT2D eigenvalue weighted by molar-refractivity contribution is 5.94. The van der Waals surface area contributed by atoms with Crippen molar-refractivity contribution in [2.45, 2.75) is 58.0 Å². The molecule has 4 aliphatic carbocycles. The van der Waals surface area contributed by atoms with Crippen LogP contribution in [0.4, 0.5) is 0 Å². The van der Waals surface area contributed by atoms with Gasteiger partial charge < -0.3 is 10.2 Å². The topological polar surface area (TPSA) is 91.7 Å². The molecule has 0 unspecified atom stereocenters. The van der Waals surface area contributed by atoms with Crippen LogP contribution in [0.3, 0.4) is 0 Å². The average Bonchev–Trinajstić information content (AvgIpc) is 2.86. The SMILES string of the molecule is C[C@]12C=CC(=O)C[C@@H]1CC[C@@H]1[C@@H]2C(=O)C[C@@]2(C)[C@H]1CC[C@]2(O)C(=O)CO. The fourth-order valence-electron chi connectivity index (χ4n) is 7.05. The van der Waals surface area contributed by atoms with Crippen molar-refractivity contribution >= 4 is 17.3 Å². The summed E-state index contributed by atoms with van der Waals surface area (Å²) in [5, 5.41) is 20.5. The van der Waals surface area contributed by atoms with Gasteiger partial charge in [0.15, 0.2) is 11.6 Å². The fourth-order valence-corrected chi connectivity index (χ4v) is 7.05. The Labute approximate surface area is 153 Å². The first-order valence-corrected chi connectivity index (χ1v) is 9.79. The molecule has 0 aromatic rings. The first-order chi connectivity index (χ1) is 12.2. The van der Waals surface area contributed by atoms with E-state index in [0.29, 0.717) is 19.3 Å². The molecule has 0 aromatic heterocycles. The van der Waals surface area contributed by atoms with Crippen LogP contribution in [-0.4, -0.2) is 39.8 Å². The summed E-state index contributed by atoms with van der Waals surface area (Å²) in [7, 11) is 0. The van der Waals surface area contributed by atoms with Crippen molar-refractivity contribution in [2.75, 3.05) is 6.61 Å². The molecule has 0 aromatic carbocycles. The lowest BCUT2D eigenvalue weighted by Crippen LogP contribution is -2.61. The number of Topliss-reactive ketones (excluding diaryl/α,β-unsaturated/α-hetero) is 2. The van der Waals surface area contributed by atoms with Gasteiger partial charge in [-0.25, -0.2) is 0 Å². The van der Waals surface area contributed by atoms with E-state index in [0.717, 1.165) is 12.8 Å². The van der Waals surface area contributed by atoms with Gasteiger partial charge in [0.2, 0.25) is 0 Å². The van der Waals surface area contributed by atoms with Crippen LogP contribution in [0.25, 0.3) is 0 Å². The zero-order chi connectivity index (χ0) is 18.9. The second-order valence-corrected chi connectivity index (χ2v) is 9.43. The molecule has 4 rings (SSSR count). The number of hydrogen-bond donors (Lipinski definition) is 2. The van der Waals surface area contributed by atoms with Crippen molar-refractivity contribution in [2.24, 2.45) is 34.5 Å². The van der Waals surface area contributed by atoms with Gasteiger partial charge in [-0.1, -0.05) is 19.9 Å². The summed E-state index contributed by atoms with van der Waals surface area (Å²) in [6.07, 6.45) is 7.07. The molecule has 26 heavy (non-hydrogen) atoms. The molecule has 3 fully saturated rings. The van der Waals surface area contributed by atoms with Crippen molar-refractivity contribution in [3.8, 4) is 0 Å². The number of carbonyl (C=O) groups is 3. The summed E-state index contributed by atoms with van der Waals surface area (Å²) in [5.41, 5.74) is -2.72. The molecule has 0 aliphatic heterocycles. The zero-order valence-electron chi connectivity index (χ0n) is 15.5. The van der Waals surface area contributed by atoms with E-state index in [2.05, 4.69) is 6.92 Å². The highest BCUT2D eigenvalue weighted by Crippen LogP contribution is 2.66. The second kappa shape index (κ2) is 5.59. The lowest BCUT2D eigenvalue weighted by Gasteiger charge is -2.58. The molecule has 0 bridgehead atoms. The summed E-state index contributed by atoms with van der Waals surface area (Å²) in [6.45, 7) is 3.28. The number of rotatable bonds is 2. The number of carbonyl (C=O) groups excluding carboxylic acids is 3. The van der Waals surface area contributed by atoms with Gasteiger partial charge in [-0.3, -0.25) is 14.4 Å². The Bertz CT molecular complexity index is 711. The summed E-state index contributed by atoms with van der Waals surface area (Å²) in [6, 6.07) is 0. The molecular formula is C21H28O5. The van der Waals surface area contributed by atoms with Crippen molar-refractivity contribution in [3.05, 3.63) is 12.2 Å². The van der Waals surface area contributed by atoms with Crippen molar-refractivity contribution < 1.29 is 24.6 Å². The third kappa shape index (κ3) is 2.07. The molecule has 5 heteroatoms. The van der Waals surface area contributed by atoms with Gasteiger partial charge in [0.05, 0.1) is 0 Å². The standard InChI is InChI=1S/C21H28O5/c1-19-7-5-13(23)9-12(19)3-4-14-15-6-8-21(26,17(25)11-22)20(15,2)10-16(24)18(14)19/h5,7,12,14-15,18,22,26H,3-4,6,8-11H2,1-2H3/t12-,14-,15-,18+,19-,20-,21-/m0/s1. The molecule has 5 nitrogen and oxygen atoms in total. The number of aliphatic hydroxyl groups is 2. The van der Waals surface area contributed by atoms with E-state index in [9.17, 15) is 24.6 Å². The molecule has 142 valence electrons. The number of fused-ring (bicyclic) bond motifs is 5. The van der Waals surface area contributed by atoms with Crippen LogP contribution in [0.2, 0.25) is 0 Å². The molecule has 2 N–H and O–H groups in total. The van der Waals surface area contributed by atoms with Crippen LogP contribution >= 0.6 is 0 Å². The van der Waals surface area contributed by atoms with Crippen LogP contribution in [0.1, 0.15) is 52.4 Å². The summed E-state index contributed by atoms with van der Waals surface area (Å²) >= 11 is 0. The maximum Gasteiger partial charge on any atom is 0.190 e. The van der Waals surface area contributed by atoms with Crippen molar-refractivity contribution in [1.29, 1.82) is 0 Å². The van der Waals surface area contributed by atoms with E-state index >= 15 is 0 Å². The van der Waals surface area contributed by atoms with Crippen LogP contribution in [0.15, 0.2) is 12.2 Å². The van der Waals surface area contributed by atoms with Crippen molar-refractivity contribution in [1.82, 2.24) is 0 Å². The van der Waals surface area contributed by atoms with Crippen molar-refractivity contribution in [3.63, 3.8) is 0 Å². The third-order valence-corrected chi connectivity index (χ3v) is 8.49. The van der Waals surface area contributed by atoms with E-state index in [1.807, 2.05) is 13.0 Å². The quantitative estimate of drug-likeness (QED) is 0.784. The predicted molar refractivity (Wildman–Crippen MR) is 94.1 cm³/mol. The van der Waals surface area contributed by atoms with Crippen LogP contribution in [0.5, 0.6) is 0 Å². The lowest BCUT2D eigenvalue weighted by molar-refractivity contribution is -0.173. The van der Waals surface area contributed by atoms with E-state index in [1.54, 1.807) is 6.08 Å². The average molecular weight is 360 g/mol. The van der Waals surface area contributed by atoms with Crippen LogP contribution < -0.4 is 0 Å². The van der Waals surface area contributed by atoms with Crippen LogP contribution in [-0.2, 0) is 14.4 Å². The molecule has 0 saturated heterocycles. The second-order valence-electron chi connectivity index (χ2n) is 9.43. The van der Waals surface area contributed by atoms with Gasteiger partial charge in [-0.15, -0.1) is 0 Å². The monoisotopic (exact) mass is 360 g/mol. The van der Waals surface area contributed by atoms with E-state index < -0.39 is 23.4 Å². The smallest absolute Gasteiger partial charge is 0.190 e. The molecule has 0 spiro atoms. The fraction of sp³-hybridized carbons (Fsp3) is 0.762. The number of ketones is 3. The highest BCUT2D eigenvalue weighted by atomic mass is 16.3. The lowest BCUT2D eigenvalue weighted by atomic mass is 9.45. The minimum absolute atomic E-state index is 0.0921. The minimum Gasteiger partial charge on any atom is -0.388 e. The first-order valence-electron chi connectivity index (χ1n) is 9.79. The number of hydrogen-bond acceptors (Lipinski definition) is 5. The van der Waals surface area contributed by atoms with Gasteiger partial charge >= 0.3 is 0 Å². The molecule has 0 amide bonds. The Morgan fingerprint density at radius 1 is 1.23 bits per heavy atom. The van der Waals surface area contributed by atoms with Gasteiger partial charge in [0.25, 0.3) is 0 Å². The highest BCUT2D eigenvalue weighted by Gasteiger charge is 2.68. The Morgan fingerprint density at radius 3 is 2.65 bits per heavy atom. The Hall–Kier alpha value is -1.33. The normalized spacial score (nSPS) is 50.2. The van der Waals surface area contributed by atoms with Gasteiger partial charge in [0, 0.05) is 24.2 Å². The summed E-state index contributed by atoms with van der Waals surface area (Å²) < 4.78 is 0. The first kappa shape index (κ1) is 18.1. The zero-order valence-corrected chi connectivity index (χ0v) is 15.5. The molecule has 0 radical (unpaired) electrons. The number of allylic oxidation sites excluding steroid dienone is 2. The Balaban J connectivity index is 1.74. The summed E-state index contributed by atoms with van der Waals surface area (Å²) in [5.74, 6) is -0.0369. The molecule has 7 atom stereocenters. The van der Waals surface area contributed by atoms with Gasteiger partial charge in [-0.05, 0) is 54.9 Å². The Kier molecular flexibility index (Phi) is 3.88. The van der Waals surface area contributed by atoms with E-state index in [4.69, 9.17) is 0 Å². The molecular weight excluding hydrogens is 332 g/mol. The van der Waals surface area contributed by atoms with Crippen LogP contribution in [0, 0.1) is 34.5 Å². The largest absolute Gasteiger partial charge is 0.388 e. The van der Waals surface area contributed by atoms with Gasteiger partial charge in [0.1, 0.15) is 18.0 Å². The maximum absolute atomic E-state index is 13.3. The summed E-state index contributed by atoms with van der Waals surface area (Å²) in [4.78, 5) is 37.5. The molecule has 3 saturated carbocycles. The predicted octanol–water partition coefficient (Wildman–Crippen LogP) is 1.85. The molecule has 0 heterocycles. The third-order valence-electron chi connectivity index (χ3n) is 8.49. The van der Waals surface area contributed by atoms with E-state index in [1.165, 1.54) is 0 Å². The number of aliphatic hydroxyl groups excluding tert-OH is 1. The Morgan fingerprint density at radius 2 is 1.96 bits per heavy atom.